The number of halogens is 2. The summed E-state index contributed by atoms with van der Waals surface area (Å²) < 4.78 is 14.6. The highest BCUT2D eigenvalue weighted by molar-refractivity contribution is 9.10. The van der Waals surface area contributed by atoms with Crippen LogP contribution in [0.5, 0.6) is 0 Å². The van der Waals surface area contributed by atoms with Crippen molar-refractivity contribution in [2.75, 3.05) is 26.2 Å². The van der Waals surface area contributed by atoms with Gasteiger partial charge >= 0.3 is 0 Å². The number of fused-ring (bicyclic) bond motifs is 1. The Morgan fingerprint density at radius 3 is 2.55 bits per heavy atom. The normalized spacial score (nSPS) is 26.2. The quantitative estimate of drug-likeness (QED) is 0.852. The molecule has 0 unspecified atom stereocenters. The lowest BCUT2D eigenvalue weighted by atomic mass is 9.92. The van der Waals surface area contributed by atoms with Crippen molar-refractivity contribution in [1.82, 2.24) is 10.2 Å². The number of likely N-dealkylation sites (tertiary alicyclic amines) is 1. The summed E-state index contributed by atoms with van der Waals surface area (Å²) in [5.41, 5.74) is 0.171. The van der Waals surface area contributed by atoms with Crippen LogP contribution in [0.4, 0.5) is 4.39 Å². The zero-order valence-corrected chi connectivity index (χ0v) is 12.8. The number of amides is 1. The maximum Gasteiger partial charge on any atom is 0.256 e. The third-order valence-corrected chi connectivity index (χ3v) is 4.96. The van der Waals surface area contributed by atoms with Gasteiger partial charge in [-0.2, -0.15) is 0 Å². The Morgan fingerprint density at radius 1 is 1.25 bits per heavy atom. The van der Waals surface area contributed by atoms with E-state index in [1.54, 1.807) is 12.1 Å². The minimum Gasteiger partial charge on any atom is -0.339 e. The highest BCUT2D eigenvalue weighted by Gasteiger charge is 2.32. The molecule has 108 valence electrons. The van der Waals surface area contributed by atoms with Gasteiger partial charge in [-0.3, -0.25) is 4.79 Å². The molecular weight excluding hydrogens is 323 g/mol. The first-order valence-electron chi connectivity index (χ1n) is 7.10. The van der Waals surface area contributed by atoms with Crippen LogP contribution in [0.1, 0.15) is 23.2 Å². The lowest BCUT2D eigenvalue weighted by Gasteiger charge is -2.21. The van der Waals surface area contributed by atoms with Crippen molar-refractivity contribution in [1.29, 1.82) is 0 Å². The molecule has 1 aromatic carbocycles. The highest BCUT2D eigenvalue weighted by Crippen LogP contribution is 2.28. The average Bonchev–Trinajstić information content (AvgIpc) is 2.80. The molecule has 1 amide bonds. The molecule has 0 spiro atoms. The van der Waals surface area contributed by atoms with Gasteiger partial charge in [0.2, 0.25) is 0 Å². The molecule has 5 heteroatoms. The molecular formula is C15H18BrFN2O. The molecule has 2 aliphatic heterocycles. The second-order valence-electron chi connectivity index (χ2n) is 5.67. The molecule has 0 aromatic heterocycles. The maximum absolute atomic E-state index is 13.8. The van der Waals surface area contributed by atoms with E-state index in [1.165, 1.54) is 6.07 Å². The Bertz CT molecular complexity index is 509. The molecule has 1 aromatic rings. The Morgan fingerprint density at radius 2 is 1.90 bits per heavy atom. The van der Waals surface area contributed by atoms with Gasteiger partial charge in [-0.25, -0.2) is 4.39 Å². The molecule has 2 aliphatic rings. The molecule has 20 heavy (non-hydrogen) atoms. The first-order valence-corrected chi connectivity index (χ1v) is 7.89. The fourth-order valence-corrected chi connectivity index (χ4v) is 3.61. The number of hydrogen-bond acceptors (Lipinski definition) is 2. The molecule has 0 saturated carbocycles. The van der Waals surface area contributed by atoms with Crippen LogP contribution in [0.2, 0.25) is 0 Å². The van der Waals surface area contributed by atoms with E-state index in [0.717, 1.165) is 43.5 Å². The number of benzene rings is 1. The summed E-state index contributed by atoms with van der Waals surface area (Å²) in [6.45, 7) is 3.57. The van der Waals surface area contributed by atoms with E-state index in [2.05, 4.69) is 21.2 Å². The SMILES string of the molecule is O=C(c1cc(Br)ccc1F)N1CC[C@@H]2CNC[C@@H]2CC1. The largest absolute Gasteiger partial charge is 0.339 e. The predicted molar refractivity (Wildman–Crippen MR) is 79.1 cm³/mol. The van der Waals surface area contributed by atoms with Crippen LogP contribution >= 0.6 is 15.9 Å². The second-order valence-corrected chi connectivity index (χ2v) is 6.59. The van der Waals surface area contributed by atoms with Gasteiger partial charge in [-0.1, -0.05) is 15.9 Å². The molecule has 0 aliphatic carbocycles. The van der Waals surface area contributed by atoms with Crippen molar-refractivity contribution in [2.24, 2.45) is 11.8 Å². The van der Waals surface area contributed by atoms with Crippen LogP contribution in [0.25, 0.3) is 0 Å². The van der Waals surface area contributed by atoms with Gasteiger partial charge in [0.05, 0.1) is 5.56 Å². The average molecular weight is 341 g/mol. The van der Waals surface area contributed by atoms with E-state index in [1.807, 2.05) is 4.90 Å². The van der Waals surface area contributed by atoms with Crippen LogP contribution in [0, 0.1) is 17.7 Å². The van der Waals surface area contributed by atoms with Gasteiger partial charge in [0.1, 0.15) is 5.82 Å². The van der Waals surface area contributed by atoms with Gasteiger partial charge in [0, 0.05) is 17.6 Å². The second kappa shape index (κ2) is 5.82. The highest BCUT2D eigenvalue weighted by atomic mass is 79.9. The Kier molecular flexibility index (Phi) is 4.08. The zero-order valence-electron chi connectivity index (χ0n) is 11.2. The van der Waals surface area contributed by atoms with Crippen LogP contribution in [0.15, 0.2) is 22.7 Å². The lowest BCUT2D eigenvalue weighted by Crippen LogP contribution is -2.33. The molecule has 3 nitrogen and oxygen atoms in total. The summed E-state index contributed by atoms with van der Waals surface area (Å²) in [5, 5.41) is 3.41. The predicted octanol–water partition coefficient (Wildman–Crippen LogP) is 2.66. The number of hydrogen-bond donors (Lipinski definition) is 1. The first-order chi connectivity index (χ1) is 9.65. The van der Waals surface area contributed by atoms with Gasteiger partial charge < -0.3 is 10.2 Å². The molecule has 0 bridgehead atoms. The van der Waals surface area contributed by atoms with Crippen LogP contribution in [-0.2, 0) is 0 Å². The first kappa shape index (κ1) is 14.0. The monoisotopic (exact) mass is 340 g/mol. The third-order valence-electron chi connectivity index (χ3n) is 4.47. The van der Waals surface area contributed by atoms with Crippen LogP contribution in [-0.4, -0.2) is 37.0 Å². The van der Waals surface area contributed by atoms with Crippen molar-refractivity contribution < 1.29 is 9.18 Å². The Balaban J connectivity index is 1.75. The third kappa shape index (κ3) is 2.74. The molecule has 2 saturated heterocycles. The smallest absolute Gasteiger partial charge is 0.256 e. The van der Waals surface area contributed by atoms with E-state index in [-0.39, 0.29) is 11.5 Å². The Labute approximate surface area is 126 Å². The molecule has 2 fully saturated rings. The van der Waals surface area contributed by atoms with Crippen molar-refractivity contribution >= 4 is 21.8 Å². The minimum absolute atomic E-state index is 0.171. The summed E-state index contributed by atoms with van der Waals surface area (Å²) in [4.78, 5) is 14.3. The number of carbonyl (C=O) groups excluding carboxylic acids is 1. The maximum atomic E-state index is 13.8. The Hall–Kier alpha value is -0.940. The van der Waals surface area contributed by atoms with E-state index in [4.69, 9.17) is 0 Å². The topological polar surface area (TPSA) is 32.3 Å². The van der Waals surface area contributed by atoms with Crippen molar-refractivity contribution in [3.8, 4) is 0 Å². The summed E-state index contributed by atoms with van der Waals surface area (Å²) >= 11 is 3.30. The number of rotatable bonds is 1. The summed E-state index contributed by atoms with van der Waals surface area (Å²) in [5.74, 6) is 0.710. The van der Waals surface area contributed by atoms with Gasteiger partial charge in [-0.15, -0.1) is 0 Å². The molecule has 2 atom stereocenters. The molecule has 3 rings (SSSR count). The van der Waals surface area contributed by atoms with E-state index in [9.17, 15) is 9.18 Å². The summed E-state index contributed by atoms with van der Waals surface area (Å²) in [6, 6.07) is 4.53. The zero-order chi connectivity index (χ0) is 14.1. The molecule has 2 heterocycles. The van der Waals surface area contributed by atoms with E-state index >= 15 is 0 Å². The van der Waals surface area contributed by atoms with Gasteiger partial charge in [0.15, 0.2) is 0 Å². The summed E-state index contributed by atoms with van der Waals surface area (Å²) in [6.07, 6.45) is 2.03. The number of carbonyl (C=O) groups is 1. The fourth-order valence-electron chi connectivity index (χ4n) is 3.25. The van der Waals surface area contributed by atoms with Crippen LogP contribution in [0.3, 0.4) is 0 Å². The van der Waals surface area contributed by atoms with Crippen molar-refractivity contribution in [3.05, 3.63) is 34.1 Å². The van der Waals surface area contributed by atoms with Gasteiger partial charge in [0.25, 0.3) is 5.91 Å². The van der Waals surface area contributed by atoms with Gasteiger partial charge in [-0.05, 0) is 56.0 Å². The number of nitrogens with zero attached hydrogens (tertiary/aromatic N) is 1. The number of nitrogens with one attached hydrogen (secondary N) is 1. The lowest BCUT2D eigenvalue weighted by molar-refractivity contribution is 0.0753. The van der Waals surface area contributed by atoms with E-state index in [0.29, 0.717) is 11.8 Å². The fraction of sp³-hybridized carbons (Fsp3) is 0.533. The molecule has 0 radical (unpaired) electrons. The minimum atomic E-state index is -0.440. The van der Waals surface area contributed by atoms with Crippen LogP contribution < -0.4 is 5.32 Å². The van der Waals surface area contributed by atoms with E-state index < -0.39 is 5.82 Å². The summed E-state index contributed by atoms with van der Waals surface area (Å²) in [7, 11) is 0. The molecule has 1 N–H and O–H groups in total. The standard InChI is InChI=1S/C15H18BrFN2O/c16-12-1-2-14(17)13(7-12)15(20)19-5-3-10-8-18-9-11(10)4-6-19/h1-2,7,10-11,18H,3-6,8-9H2/t10-,11+. The van der Waals surface area contributed by atoms with Crippen molar-refractivity contribution in [2.45, 2.75) is 12.8 Å². The van der Waals surface area contributed by atoms with Crippen molar-refractivity contribution in [3.63, 3.8) is 0 Å².